The summed E-state index contributed by atoms with van der Waals surface area (Å²) < 4.78 is 27.5. The van der Waals surface area contributed by atoms with Gasteiger partial charge in [-0.3, -0.25) is 0 Å². The summed E-state index contributed by atoms with van der Waals surface area (Å²) in [6, 6.07) is 12.5. The van der Waals surface area contributed by atoms with Crippen molar-refractivity contribution in [1.82, 2.24) is 9.62 Å². The predicted octanol–water partition coefficient (Wildman–Crippen LogP) is 3.92. The second-order valence-electron chi connectivity index (χ2n) is 5.32. The average Bonchev–Trinajstić information content (AvgIpc) is 2.56. The van der Waals surface area contributed by atoms with Crippen LogP contribution in [0, 0.1) is 0 Å². The highest BCUT2D eigenvalue weighted by atomic mass is 35.5. The molecular formula is C17H20Cl2N2O2S. The van der Waals surface area contributed by atoms with Crippen molar-refractivity contribution in [3.05, 3.63) is 63.6 Å². The second kappa shape index (κ2) is 8.32. The Kier molecular flexibility index (Phi) is 6.66. The molecule has 0 saturated carbocycles. The molecule has 0 saturated heterocycles. The Bertz CT molecular complexity index is 796. The number of rotatable bonds is 7. The molecule has 0 radical (unpaired) electrons. The zero-order valence-corrected chi connectivity index (χ0v) is 15.9. The highest BCUT2D eigenvalue weighted by Crippen LogP contribution is 2.32. The molecule has 0 unspecified atom stereocenters. The SMILES string of the molecule is CCN(Cc1ccccc1)S(=O)(=O)c1cc(Cl)cc(CNC)c1Cl. The van der Waals surface area contributed by atoms with Crippen LogP contribution in [0.3, 0.4) is 0 Å². The minimum absolute atomic E-state index is 0.0414. The molecule has 2 aromatic rings. The van der Waals surface area contributed by atoms with Crippen molar-refractivity contribution in [1.29, 1.82) is 0 Å². The van der Waals surface area contributed by atoms with Gasteiger partial charge in [0.25, 0.3) is 0 Å². The molecule has 0 aliphatic heterocycles. The van der Waals surface area contributed by atoms with Gasteiger partial charge in [-0.2, -0.15) is 4.31 Å². The Morgan fingerprint density at radius 1 is 1.12 bits per heavy atom. The first-order chi connectivity index (χ1) is 11.4. The second-order valence-corrected chi connectivity index (χ2v) is 8.04. The van der Waals surface area contributed by atoms with Gasteiger partial charge < -0.3 is 5.32 Å². The lowest BCUT2D eigenvalue weighted by atomic mass is 10.2. The van der Waals surface area contributed by atoms with Crippen molar-refractivity contribution < 1.29 is 8.42 Å². The summed E-state index contributed by atoms with van der Waals surface area (Å²) in [5.41, 5.74) is 1.57. The highest BCUT2D eigenvalue weighted by molar-refractivity contribution is 7.89. The highest BCUT2D eigenvalue weighted by Gasteiger charge is 2.27. The Balaban J connectivity index is 2.44. The van der Waals surface area contributed by atoms with E-state index >= 15 is 0 Å². The fraction of sp³-hybridized carbons (Fsp3) is 0.294. The van der Waals surface area contributed by atoms with Gasteiger partial charge in [-0.05, 0) is 30.3 Å². The molecule has 1 N–H and O–H groups in total. The maximum atomic E-state index is 13.1. The minimum atomic E-state index is -3.75. The van der Waals surface area contributed by atoms with Crippen LogP contribution in [0.2, 0.25) is 10.0 Å². The van der Waals surface area contributed by atoms with E-state index in [-0.39, 0.29) is 16.5 Å². The molecule has 24 heavy (non-hydrogen) atoms. The molecule has 0 amide bonds. The van der Waals surface area contributed by atoms with Gasteiger partial charge in [0.1, 0.15) is 4.90 Å². The quantitative estimate of drug-likeness (QED) is 0.784. The number of hydrogen-bond donors (Lipinski definition) is 1. The van der Waals surface area contributed by atoms with E-state index < -0.39 is 10.0 Å². The Labute approximate surface area is 153 Å². The van der Waals surface area contributed by atoms with Crippen LogP contribution in [0.4, 0.5) is 0 Å². The van der Waals surface area contributed by atoms with Gasteiger partial charge >= 0.3 is 0 Å². The number of nitrogens with one attached hydrogen (secondary N) is 1. The molecule has 0 spiro atoms. The van der Waals surface area contributed by atoms with Crippen molar-refractivity contribution in [2.24, 2.45) is 0 Å². The molecule has 4 nitrogen and oxygen atoms in total. The molecule has 0 atom stereocenters. The van der Waals surface area contributed by atoms with E-state index in [1.807, 2.05) is 30.3 Å². The van der Waals surface area contributed by atoms with Gasteiger partial charge in [0, 0.05) is 24.7 Å². The third kappa shape index (κ3) is 4.29. The van der Waals surface area contributed by atoms with Crippen molar-refractivity contribution in [3.63, 3.8) is 0 Å². The molecule has 2 rings (SSSR count). The topological polar surface area (TPSA) is 49.4 Å². The number of hydrogen-bond acceptors (Lipinski definition) is 3. The summed E-state index contributed by atoms with van der Waals surface area (Å²) in [5, 5.41) is 3.52. The monoisotopic (exact) mass is 386 g/mol. The first-order valence-electron chi connectivity index (χ1n) is 7.56. The zero-order chi connectivity index (χ0) is 17.7. The summed E-state index contributed by atoms with van der Waals surface area (Å²) in [6.07, 6.45) is 0. The third-order valence-corrected chi connectivity index (χ3v) is 6.34. The molecule has 0 aliphatic carbocycles. The molecule has 0 aliphatic rings. The van der Waals surface area contributed by atoms with Gasteiger partial charge in [0.05, 0.1) is 5.02 Å². The van der Waals surface area contributed by atoms with Gasteiger partial charge in [-0.1, -0.05) is 60.5 Å². The number of benzene rings is 2. The van der Waals surface area contributed by atoms with E-state index in [0.717, 1.165) is 5.56 Å². The fourth-order valence-corrected chi connectivity index (χ4v) is 4.76. The molecule has 0 aromatic heterocycles. The summed E-state index contributed by atoms with van der Waals surface area (Å²) in [7, 11) is -1.99. The van der Waals surface area contributed by atoms with E-state index in [4.69, 9.17) is 23.2 Å². The van der Waals surface area contributed by atoms with Crippen LogP contribution in [0.25, 0.3) is 0 Å². The minimum Gasteiger partial charge on any atom is -0.316 e. The lowest BCUT2D eigenvalue weighted by Crippen LogP contribution is -2.31. The van der Waals surface area contributed by atoms with Gasteiger partial charge in [0.2, 0.25) is 10.0 Å². The number of halogens is 2. The van der Waals surface area contributed by atoms with Crippen LogP contribution in [-0.4, -0.2) is 26.3 Å². The number of nitrogens with zero attached hydrogens (tertiary/aromatic N) is 1. The van der Waals surface area contributed by atoms with Gasteiger partial charge in [-0.25, -0.2) is 8.42 Å². The summed E-state index contributed by atoms with van der Waals surface area (Å²) in [4.78, 5) is 0.0414. The molecular weight excluding hydrogens is 367 g/mol. The Morgan fingerprint density at radius 3 is 2.38 bits per heavy atom. The van der Waals surface area contributed by atoms with Crippen LogP contribution in [-0.2, 0) is 23.1 Å². The molecule has 2 aromatic carbocycles. The van der Waals surface area contributed by atoms with Crippen LogP contribution in [0.15, 0.2) is 47.4 Å². The molecule has 0 heterocycles. The van der Waals surface area contributed by atoms with Gasteiger partial charge in [0.15, 0.2) is 0 Å². The predicted molar refractivity (Wildman–Crippen MR) is 98.9 cm³/mol. The van der Waals surface area contributed by atoms with Crippen molar-refractivity contribution >= 4 is 33.2 Å². The summed E-state index contributed by atoms with van der Waals surface area (Å²) in [6.45, 7) is 2.85. The fourth-order valence-electron chi connectivity index (χ4n) is 2.42. The van der Waals surface area contributed by atoms with Crippen molar-refractivity contribution in [2.75, 3.05) is 13.6 Å². The average molecular weight is 387 g/mol. The maximum absolute atomic E-state index is 13.1. The van der Waals surface area contributed by atoms with E-state index in [2.05, 4.69) is 5.32 Å². The molecule has 130 valence electrons. The Hall–Kier alpha value is -1.11. The zero-order valence-electron chi connectivity index (χ0n) is 13.6. The normalized spacial score (nSPS) is 11.9. The molecule has 0 fully saturated rings. The van der Waals surface area contributed by atoms with Crippen molar-refractivity contribution in [2.45, 2.75) is 24.9 Å². The van der Waals surface area contributed by atoms with E-state index in [1.54, 1.807) is 20.0 Å². The van der Waals surface area contributed by atoms with E-state index in [1.165, 1.54) is 10.4 Å². The van der Waals surface area contributed by atoms with Crippen LogP contribution in [0.5, 0.6) is 0 Å². The largest absolute Gasteiger partial charge is 0.316 e. The van der Waals surface area contributed by atoms with Gasteiger partial charge in [-0.15, -0.1) is 0 Å². The van der Waals surface area contributed by atoms with Crippen LogP contribution >= 0.6 is 23.2 Å². The van der Waals surface area contributed by atoms with E-state index in [9.17, 15) is 8.42 Å². The number of sulfonamides is 1. The lowest BCUT2D eigenvalue weighted by molar-refractivity contribution is 0.423. The summed E-state index contributed by atoms with van der Waals surface area (Å²) in [5.74, 6) is 0. The smallest absolute Gasteiger partial charge is 0.244 e. The van der Waals surface area contributed by atoms with Crippen LogP contribution in [0.1, 0.15) is 18.1 Å². The summed E-state index contributed by atoms with van der Waals surface area (Å²) >= 11 is 12.4. The first-order valence-corrected chi connectivity index (χ1v) is 9.76. The maximum Gasteiger partial charge on any atom is 0.244 e. The van der Waals surface area contributed by atoms with Crippen molar-refractivity contribution in [3.8, 4) is 0 Å². The Morgan fingerprint density at radius 2 is 1.79 bits per heavy atom. The first kappa shape index (κ1) is 19.2. The molecule has 7 heteroatoms. The molecule has 0 bridgehead atoms. The standard InChI is InChI=1S/C17H20Cl2N2O2S/c1-3-21(12-13-7-5-4-6-8-13)24(22,23)16-10-15(18)9-14(11-20-2)17(16)19/h4-10,20H,3,11-12H2,1-2H3. The third-order valence-electron chi connectivity index (χ3n) is 3.62. The van der Waals surface area contributed by atoms with E-state index in [0.29, 0.717) is 23.7 Å². The lowest BCUT2D eigenvalue weighted by Gasteiger charge is -2.22. The van der Waals surface area contributed by atoms with Crippen LogP contribution < -0.4 is 5.32 Å².